The standard InChI is InChI=1S/C70H85BN10O19/c1-40(2)61(76-58(82)15-9-7-10-27-77-59(83)24-25-60(77)84)63(86)75-50(14-13-26-73-68(72)91)62(85)74-47-22-18-45(19-23-47)39-100-69(92)80-51-34-55(43(5)32-48(51)64(87)78-36-41(3)30-53(78)66(80)89)97-28-11-8-12-29-98-57-35-52-49(33-56(57)96-6)65(88)79-37-42(4)31-54(79)67(90)81(52)70(93)99-38-44-16-20-46(21-17-44)71(94)95/h16-25,32-35,40,50,53-54,61,66-67,89-90,94-95H,3-4,7-15,26-31,36-39H2,1-2,5-6H3,(H,74,85)(H,75,86)(H,76,82)(H3,72,73,91)/t50-,53-,54-,61-,66?,67?/m0/s1. The average Bonchev–Trinajstić information content (AvgIpc) is 1.60. The zero-order valence-electron chi connectivity index (χ0n) is 56.3. The van der Waals surface area contributed by atoms with Crippen molar-refractivity contribution < 1.29 is 91.9 Å². The van der Waals surface area contributed by atoms with Gasteiger partial charge in [-0.2, -0.15) is 0 Å². The van der Waals surface area contributed by atoms with Crippen molar-refractivity contribution in [1.29, 1.82) is 0 Å². The summed E-state index contributed by atoms with van der Waals surface area (Å²) in [6.07, 6.45) is 1.24. The van der Waals surface area contributed by atoms with Crippen molar-refractivity contribution >= 4 is 89.2 Å². The highest BCUT2D eigenvalue weighted by Crippen LogP contribution is 2.43. The SMILES string of the molecule is C=C1C[C@H]2C(O)N(C(=O)OCc3ccc(NC(=O)[C@H](CCCNC(N)=O)NC(=O)[C@@H](NC(=O)CCCCCN4C(=O)C=CC4=O)C(C)C)cc3)c3cc(OCCCCCOc4cc5c(cc4OC)C(=O)N4CC(=C)C[C@H]4C(O)N5C(=O)OCc4ccc(B(O)O)cc4)c(C)cc3C(=O)N2C1. The number of methoxy groups -OCH3 is 1. The van der Waals surface area contributed by atoms with Gasteiger partial charge in [-0.3, -0.25) is 38.5 Å². The number of aliphatic hydroxyl groups is 2. The van der Waals surface area contributed by atoms with Gasteiger partial charge in [-0.05, 0) is 117 Å². The van der Waals surface area contributed by atoms with Crippen molar-refractivity contribution in [2.24, 2.45) is 11.7 Å². The van der Waals surface area contributed by atoms with Crippen LogP contribution in [0.5, 0.6) is 17.2 Å². The number of benzene rings is 4. The molecule has 4 aromatic carbocycles. The smallest absolute Gasteiger partial charge is 0.488 e. The number of carbonyl (C=O) groups is 10. The van der Waals surface area contributed by atoms with E-state index in [2.05, 4.69) is 34.4 Å². The Morgan fingerprint density at radius 1 is 0.660 bits per heavy atom. The zero-order valence-corrected chi connectivity index (χ0v) is 56.3. The number of ether oxygens (including phenoxy) is 5. The van der Waals surface area contributed by atoms with Gasteiger partial charge in [0, 0.05) is 62.6 Å². The van der Waals surface area contributed by atoms with E-state index in [1.807, 2.05) is 0 Å². The molecule has 0 aromatic heterocycles. The van der Waals surface area contributed by atoms with Gasteiger partial charge < -0.3 is 80.7 Å². The van der Waals surface area contributed by atoms with Gasteiger partial charge in [-0.25, -0.2) is 24.2 Å². The molecular weight excluding hydrogens is 1300 g/mol. The lowest BCUT2D eigenvalue weighted by Crippen LogP contribution is -2.54. The normalized spacial score (nSPS) is 18.3. The number of aryl methyl sites for hydroxylation is 1. The number of aliphatic hydroxyl groups excluding tert-OH is 2. The van der Waals surface area contributed by atoms with Gasteiger partial charge in [-0.1, -0.05) is 81.0 Å². The van der Waals surface area contributed by atoms with Crippen LogP contribution in [-0.4, -0.2) is 185 Å². The molecule has 0 saturated carbocycles. The van der Waals surface area contributed by atoms with Crippen molar-refractivity contribution in [3.05, 3.63) is 137 Å². The summed E-state index contributed by atoms with van der Waals surface area (Å²) >= 11 is 0. The van der Waals surface area contributed by atoms with E-state index in [9.17, 15) is 68.2 Å². The highest BCUT2D eigenvalue weighted by molar-refractivity contribution is 6.58. The number of nitrogens with one attached hydrogen (secondary N) is 4. The van der Waals surface area contributed by atoms with Crippen LogP contribution in [0, 0.1) is 12.8 Å². The number of anilines is 3. The Bertz CT molecular complexity index is 3790. The number of amides is 11. The van der Waals surface area contributed by atoms with E-state index in [4.69, 9.17) is 29.4 Å². The minimum absolute atomic E-state index is 0.0320. The highest BCUT2D eigenvalue weighted by Gasteiger charge is 2.48. The summed E-state index contributed by atoms with van der Waals surface area (Å²) in [4.78, 5) is 139. The molecule has 2 unspecified atom stereocenters. The van der Waals surface area contributed by atoms with Crippen molar-refractivity contribution in [3.63, 3.8) is 0 Å². The van der Waals surface area contributed by atoms with E-state index >= 15 is 0 Å². The first-order valence-corrected chi connectivity index (χ1v) is 33.2. The first-order chi connectivity index (χ1) is 47.8. The lowest BCUT2D eigenvalue weighted by Gasteiger charge is -2.31. The number of primary amides is 1. The van der Waals surface area contributed by atoms with Crippen molar-refractivity contribution in [2.45, 2.75) is 141 Å². The quantitative estimate of drug-likeness (QED) is 0.0152. The van der Waals surface area contributed by atoms with E-state index in [0.29, 0.717) is 77.8 Å². The number of unbranched alkanes of at least 4 members (excludes halogenated alkanes) is 4. The predicted molar refractivity (Wildman–Crippen MR) is 365 cm³/mol. The second-order valence-corrected chi connectivity index (χ2v) is 25.6. The fourth-order valence-corrected chi connectivity index (χ4v) is 12.5. The Morgan fingerprint density at radius 2 is 1.19 bits per heavy atom. The molecule has 11 amide bonds. The topological polar surface area (TPSA) is 388 Å². The first kappa shape index (κ1) is 73.9. The minimum Gasteiger partial charge on any atom is -0.493 e. The molecule has 0 spiro atoms. The molecule has 532 valence electrons. The number of carbonyl (C=O) groups excluding carboxylic acids is 10. The van der Waals surface area contributed by atoms with Gasteiger partial charge in [0.15, 0.2) is 24.0 Å². The van der Waals surface area contributed by atoms with E-state index in [0.717, 1.165) is 14.7 Å². The molecule has 0 radical (unpaired) electrons. The third-order valence-electron chi connectivity index (χ3n) is 17.9. The summed E-state index contributed by atoms with van der Waals surface area (Å²) in [5.41, 5.74) is 9.01. The molecule has 30 heteroatoms. The fourth-order valence-electron chi connectivity index (χ4n) is 12.5. The lowest BCUT2D eigenvalue weighted by molar-refractivity contribution is -0.137. The summed E-state index contributed by atoms with van der Waals surface area (Å²) < 4.78 is 29.7. The van der Waals surface area contributed by atoms with E-state index in [1.165, 1.54) is 59.4 Å². The van der Waals surface area contributed by atoms with Crippen molar-refractivity contribution in [2.75, 3.05) is 61.6 Å². The number of hydrogen-bond acceptors (Lipinski definition) is 19. The van der Waals surface area contributed by atoms with Crippen LogP contribution >= 0.6 is 0 Å². The highest BCUT2D eigenvalue weighted by atomic mass is 16.6. The third kappa shape index (κ3) is 17.9. The molecule has 10 N–H and O–H groups in total. The molecule has 100 heavy (non-hydrogen) atoms. The maximum absolute atomic E-state index is 14.4. The fraction of sp³-hybridized carbons (Fsp3) is 0.429. The monoisotopic (exact) mass is 1380 g/mol. The van der Waals surface area contributed by atoms with Gasteiger partial charge in [0.25, 0.3) is 23.6 Å². The number of nitrogens with two attached hydrogens (primary N) is 1. The number of hydrogen-bond donors (Lipinski definition) is 9. The third-order valence-corrected chi connectivity index (χ3v) is 17.9. The number of fused-ring (bicyclic) bond motifs is 4. The molecule has 29 nitrogen and oxygen atoms in total. The molecule has 4 aromatic rings. The van der Waals surface area contributed by atoms with Crippen LogP contribution in [0.3, 0.4) is 0 Å². The van der Waals surface area contributed by atoms with E-state index < -0.39 is 97.4 Å². The molecular formula is C70H85BN10O19. The summed E-state index contributed by atoms with van der Waals surface area (Å²) in [7, 11) is -0.280. The summed E-state index contributed by atoms with van der Waals surface area (Å²) in [6, 6.07) is 13.8. The minimum atomic E-state index is -1.69. The lowest BCUT2D eigenvalue weighted by atomic mass is 9.80. The van der Waals surface area contributed by atoms with Crippen LogP contribution < -0.4 is 56.5 Å². The average molecular weight is 1380 g/mol. The molecule has 6 atom stereocenters. The maximum atomic E-state index is 14.4. The maximum Gasteiger partial charge on any atom is 0.488 e. The molecule has 0 aliphatic carbocycles. The van der Waals surface area contributed by atoms with Gasteiger partial charge in [0.2, 0.25) is 17.7 Å². The van der Waals surface area contributed by atoms with Crippen LogP contribution in [0.2, 0.25) is 0 Å². The largest absolute Gasteiger partial charge is 0.493 e. The number of imide groups is 1. The predicted octanol–water partition coefficient (Wildman–Crippen LogP) is 4.30. The zero-order chi connectivity index (χ0) is 72.1. The summed E-state index contributed by atoms with van der Waals surface area (Å²) in [6.45, 7) is 13.7. The molecule has 2 saturated heterocycles. The Hall–Kier alpha value is -10.3. The van der Waals surface area contributed by atoms with Crippen molar-refractivity contribution in [3.8, 4) is 17.2 Å². The first-order valence-electron chi connectivity index (χ1n) is 33.2. The van der Waals surface area contributed by atoms with Gasteiger partial charge >= 0.3 is 25.3 Å². The van der Waals surface area contributed by atoms with Gasteiger partial charge in [0.05, 0.1) is 54.9 Å². The Balaban J connectivity index is 0.804. The molecule has 5 aliphatic heterocycles. The molecule has 9 rings (SSSR count). The number of rotatable bonds is 30. The summed E-state index contributed by atoms with van der Waals surface area (Å²) in [5.74, 6) is -2.97. The van der Waals surface area contributed by atoms with Crippen LogP contribution in [0.15, 0.2) is 109 Å². The second kappa shape index (κ2) is 33.5. The van der Waals surface area contributed by atoms with Crippen LogP contribution in [0.25, 0.3) is 0 Å². The van der Waals surface area contributed by atoms with E-state index in [1.54, 1.807) is 63.2 Å². The van der Waals surface area contributed by atoms with Crippen LogP contribution in [0.1, 0.15) is 122 Å². The van der Waals surface area contributed by atoms with Gasteiger partial charge in [0.1, 0.15) is 31.0 Å². The number of nitrogens with zero attached hydrogens (tertiary/aromatic N) is 5. The Labute approximate surface area is 578 Å². The number of urea groups is 1. The van der Waals surface area contributed by atoms with E-state index in [-0.39, 0.29) is 136 Å². The second-order valence-electron chi connectivity index (χ2n) is 25.6. The Morgan fingerprint density at radius 3 is 1.73 bits per heavy atom. The molecule has 2 fully saturated rings. The van der Waals surface area contributed by atoms with Crippen molar-refractivity contribution in [1.82, 2.24) is 30.7 Å². The van der Waals surface area contributed by atoms with Crippen LogP contribution in [0.4, 0.5) is 31.4 Å². The van der Waals surface area contributed by atoms with Gasteiger partial charge in [-0.15, -0.1) is 0 Å². The molecule has 5 heterocycles. The molecule has 5 aliphatic rings. The Kier molecular flexibility index (Phi) is 24.8. The molecule has 0 bridgehead atoms. The van der Waals surface area contributed by atoms with Crippen LogP contribution in [-0.2, 0) is 46.7 Å². The summed E-state index contributed by atoms with van der Waals surface area (Å²) in [5, 5.41) is 53.7.